The number of urea groups is 1. The molecule has 3 amide bonds. The molecule has 1 heterocycles. The standard InChI is InChI=1S/C18H24N4O3/c1-10(2)19-18(24)21-15-9-7-6-8-14(15)20-17(23)11(3)16-12(4)22-25-13(16)5/h6-11H,1-5H3,(H,20,23)(H2,19,21,24)/t11-/m0/s1. The highest BCUT2D eigenvalue weighted by atomic mass is 16.5. The Bertz CT molecular complexity index is 748. The Hall–Kier alpha value is -2.83. The van der Waals surface area contributed by atoms with Crippen molar-refractivity contribution >= 4 is 23.3 Å². The number of para-hydroxylation sites is 2. The van der Waals surface area contributed by atoms with E-state index in [1.807, 2.05) is 13.8 Å². The molecule has 2 rings (SSSR count). The molecule has 0 aliphatic rings. The maximum absolute atomic E-state index is 12.6. The van der Waals surface area contributed by atoms with E-state index in [2.05, 4.69) is 21.1 Å². The molecule has 0 aliphatic carbocycles. The third kappa shape index (κ3) is 4.59. The number of benzene rings is 1. The van der Waals surface area contributed by atoms with Crippen molar-refractivity contribution in [1.82, 2.24) is 10.5 Å². The van der Waals surface area contributed by atoms with Crippen LogP contribution in [0.2, 0.25) is 0 Å². The van der Waals surface area contributed by atoms with Crippen molar-refractivity contribution in [2.45, 2.75) is 46.6 Å². The highest BCUT2D eigenvalue weighted by Gasteiger charge is 2.23. The van der Waals surface area contributed by atoms with Gasteiger partial charge in [0.15, 0.2) is 0 Å². The highest BCUT2D eigenvalue weighted by molar-refractivity contribution is 6.01. The summed E-state index contributed by atoms with van der Waals surface area (Å²) in [7, 11) is 0. The van der Waals surface area contributed by atoms with E-state index in [0.29, 0.717) is 22.8 Å². The summed E-state index contributed by atoms with van der Waals surface area (Å²) in [5, 5.41) is 12.2. The summed E-state index contributed by atoms with van der Waals surface area (Å²) < 4.78 is 5.13. The third-order valence-corrected chi connectivity index (χ3v) is 3.77. The van der Waals surface area contributed by atoms with Gasteiger partial charge in [-0.15, -0.1) is 0 Å². The molecule has 0 spiro atoms. The van der Waals surface area contributed by atoms with Crippen LogP contribution >= 0.6 is 0 Å². The zero-order valence-electron chi connectivity index (χ0n) is 15.1. The van der Waals surface area contributed by atoms with Gasteiger partial charge in [-0.1, -0.05) is 17.3 Å². The van der Waals surface area contributed by atoms with Crippen molar-refractivity contribution in [2.24, 2.45) is 0 Å². The van der Waals surface area contributed by atoms with Gasteiger partial charge in [-0.25, -0.2) is 4.79 Å². The Labute approximate surface area is 147 Å². The SMILES string of the molecule is Cc1noc(C)c1[C@H](C)C(=O)Nc1ccccc1NC(=O)NC(C)C. The first-order chi connectivity index (χ1) is 11.8. The van der Waals surface area contributed by atoms with Gasteiger partial charge in [0.25, 0.3) is 0 Å². The fraction of sp³-hybridized carbons (Fsp3) is 0.389. The minimum Gasteiger partial charge on any atom is -0.361 e. The fourth-order valence-corrected chi connectivity index (χ4v) is 2.60. The number of carbonyl (C=O) groups is 2. The molecule has 1 atom stereocenters. The molecule has 0 aliphatic heterocycles. The van der Waals surface area contributed by atoms with Crippen molar-refractivity contribution in [3.8, 4) is 0 Å². The van der Waals surface area contributed by atoms with Crippen LogP contribution in [0.1, 0.15) is 43.7 Å². The first-order valence-electron chi connectivity index (χ1n) is 8.19. The minimum atomic E-state index is -0.427. The zero-order chi connectivity index (χ0) is 18.6. The minimum absolute atomic E-state index is 0.0151. The summed E-state index contributed by atoms with van der Waals surface area (Å²) >= 11 is 0. The topological polar surface area (TPSA) is 96.3 Å². The number of aromatic nitrogens is 1. The van der Waals surface area contributed by atoms with Gasteiger partial charge < -0.3 is 20.5 Å². The molecule has 1 aromatic carbocycles. The number of rotatable bonds is 5. The van der Waals surface area contributed by atoms with Crippen LogP contribution in [0.3, 0.4) is 0 Å². The lowest BCUT2D eigenvalue weighted by Crippen LogP contribution is -2.34. The van der Waals surface area contributed by atoms with Crippen LogP contribution in [0.5, 0.6) is 0 Å². The van der Waals surface area contributed by atoms with E-state index in [9.17, 15) is 9.59 Å². The summed E-state index contributed by atoms with van der Waals surface area (Å²) in [6.45, 7) is 9.13. The predicted molar refractivity (Wildman–Crippen MR) is 96.8 cm³/mol. The lowest BCUT2D eigenvalue weighted by atomic mass is 9.98. The average Bonchev–Trinajstić information content (AvgIpc) is 2.86. The second-order valence-electron chi connectivity index (χ2n) is 6.25. The van der Waals surface area contributed by atoms with Gasteiger partial charge >= 0.3 is 6.03 Å². The van der Waals surface area contributed by atoms with Gasteiger partial charge in [0.2, 0.25) is 5.91 Å². The molecule has 2 aromatic rings. The molecule has 0 radical (unpaired) electrons. The average molecular weight is 344 g/mol. The number of nitrogens with one attached hydrogen (secondary N) is 3. The number of aryl methyl sites for hydroxylation is 2. The van der Waals surface area contributed by atoms with Gasteiger partial charge in [0.1, 0.15) is 5.76 Å². The lowest BCUT2D eigenvalue weighted by molar-refractivity contribution is -0.117. The normalized spacial score (nSPS) is 11.9. The molecule has 3 N–H and O–H groups in total. The largest absolute Gasteiger partial charge is 0.361 e. The van der Waals surface area contributed by atoms with Crippen molar-refractivity contribution in [3.05, 3.63) is 41.3 Å². The van der Waals surface area contributed by atoms with E-state index < -0.39 is 5.92 Å². The predicted octanol–water partition coefficient (Wildman–Crippen LogP) is 3.56. The molecule has 0 unspecified atom stereocenters. The van der Waals surface area contributed by atoms with Crippen LogP contribution in [0.15, 0.2) is 28.8 Å². The zero-order valence-corrected chi connectivity index (χ0v) is 15.1. The van der Waals surface area contributed by atoms with Crippen LogP contribution < -0.4 is 16.0 Å². The molecule has 0 saturated carbocycles. The van der Waals surface area contributed by atoms with Gasteiger partial charge in [-0.05, 0) is 46.8 Å². The molecular weight excluding hydrogens is 320 g/mol. The summed E-state index contributed by atoms with van der Waals surface area (Å²) in [4.78, 5) is 24.5. The van der Waals surface area contributed by atoms with E-state index in [0.717, 1.165) is 5.56 Å². The van der Waals surface area contributed by atoms with Crippen LogP contribution in [-0.2, 0) is 4.79 Å². The maximum Gasteiger partial charge on any atom is 0.319 e. The Morgan fingerprint density at radius 2 is 1.64 bits per heavy atom. The molecular formula is C18H24N4O3. The van der Waals surface area contributed by atoms with Crippen LogP contribution in [0.4, 0.5) is 16.2 Å². The molecule has 1 aromatic heterocycles. The number of hydrogen-bond donors (Lipinski definition) is 3. The van der Waals surface area contributed by atoms with Gasteiger partial charge in [-0.2, -0.15) is 0 Å². The molecule has 25 heavy (non-hydrogen) atoms. The number of anilines is 2. The van der Waals surface area contributed by atoms with E-state index in [1.54, 1.807) is 45.0 Å². The first kappa shape index (κ1) is 18.5. The Morgan fingerprint density at radius 1 is 1.04 bits per heavy atom. The second kappa shape index (κ2) is 7.83. The van der Waals surface area contributed by atoms with Crippen LogP contribution in [0, 0.1) is 13.8 Å². The summed E-state index contributed by atoms with van der Waals surface area (Å²) in [5.41, 5.74) is 2.54. The Balaban J connectivity index is 2.14. The molecule has 7 nitrogen and oxygen atoms in total. The molecule has 0 fully saturated rings. The molecule has 134 valence electrons. The number of hydrogen-bond acceptors (Lipinski definition) is 4. The number of nitrogens with zero attached hydrogens (tertiary/aromatic N) is 1. The molecule has 0 bridgehead atoms. The van der Waals surface area contributed by atoms with E-state index >= 15 is 0 Å². The Kier molecular flexibility index (Phi) is 5.80. The smallest absolute Gasteiger partial charge is 0.319 e. The highest BCUT2D eigenvalue weighted by Crippen LogP contribution is 2.27. The monoisotopic (exact) mass is 344 g/mol. The number of amides is 3. The van der Waals surface area contributed by atoms with E-state index in [4.69, 9.17) is 4.52 Å². The van der Waals surface area contributed by atoms with Crippen molar-refractivity contribution in [2.75, 3.05) is 10.6 Å². The quantitative estimate of drug-likeness (QED) is 0.772. The fourth-order valence-electron chi connectivity index (χ4n) is 2.60. The summed E-state index contributed by atoms with van der Waals surface area (Å²) in [6.07, 6.45) is 0. The van der Waals surface area contributed by atoms with Crippen LogP contribution in [0.25, 0.3) is 0 Å². The number of carbonyl (C=O) groups excluding carboxylic acids is 2. The summed E-state index contributed by atoms with van der Waals surface area (Å²) in [5.74, 6) is -0.000384. The van der Waals surface area contributed by atoms with Crippen molar-refractivity contribution in [3.63, 3.8) is 0 Å². The Morgan fingerprint density at radius 3 is 2.16 bits per heavy atom. The molecule has 7 heteroatoms. The first-order valence-corrected chi connectivity index (χ1v) is 8.19. The summed E-state index contributed by atoms with van der Waals surface area (Å²) in [6, 6.07) is 6.75. The van der Waals surface area contributed by atoms with Gasteiger partial charge in [0, 0.05) is 11.6 Å². The van der Waals surface area contributed by atoms with Crippen LogP contribution in [-0.4, -0.2) is 23.1 Å². The maximum atomic E-state index is 12.6. The van der Waals surface area contributed by atoms with Crippen molar-refractivity contribution < 1.29 is 14.1 Å². The van der Waals surface area contributed by atoms with Gasteiger partial charge in [0.05, 0.1) is 23.0 Å². The van der Waals surface area contributed by atoms with E-state index in [-0.39, 0.29) is 18.0 Å². The molecule has 0 saturated heterocycles. The van der Waals surface area contributed by atoms with E-state index in [1.165, 1.54) is 0 Å². The van der Waals surface area contributed by atoms with Crippen molar-refractivity contribution in [1.29, 1.82) is 0 Å². The second-order valence-corrected chi connectivity index (χ2v) is 6.25. The van der Waals surface area contributed by atoms with Gasteiger partial charge in [-0.3, -0.25) is 4.79 Å². The lowest BCUT2D eigenvalue weighted by Gasteiger charge is -2.16. The third-order valence-electron chi connectivity index (χ3n) is 3.77.